The van der Waals surface area contributed by atoms with Crippen LogP contribution < -0.4 is 10.2 Å². The summed E-state index contributed by atoms with van der Waals surface area (Å²) in [7, 11) is 0. The Bertz CT molecular complexity index is 768. The second-order valence-corrected chi connectivity index (χ2v) is 8.62. The molecule has 1 atom stereocenters. The summed E-state index contributed by atoms with van der Waals surface area (Å²) in [5, 5.41) is 4.30. The van der Waals surface area contributed by atoms with Gasteiger partial charge in [-0.15, -0.1) is 0 Å². The highest BCUT2D eigenvalue weighted by atomic mass is 35.5. The third-order valence-electron chi connectivity index (χ3n) is 5.18. The number of halogens is 1. The Balaban J connectivity index is 1.48. The second-order valence-electron chi connectivity index (χ2n) is 6.96. The fourth-order valence-electron chi connectivity index (χ4n) is 3.67. The molecule has 1 unspecified atom stereocenters. The van der Waals surface area contributed by atoms with Crippen molar-refractivity contribution < 1.29 is 4.74 Å². The molecule has 2 saturated heterocycles. The van der Waals surface area contributed by atoms with Crippen LogP contribution in [0.3, 0.4) is 0 Å². The number of hydrogen-bond acceptors (Lipinski definition) is 7. The van der Waals surface area contributed by atoms with Gasteiger partial charge < -0.3 is 15.0 Å². The molecule has 2 aliphatic heterocycles. The Morgan fingerprint density at radius 2 is 1.93 bits per heavy atom. The van der Waals surface area contributed by atoms with Gasteiger partial charge in [-0.1, -0.05) is 23.7 Å². The summed E-state index contributed by atoms with van der Waals surface area (Å²) in [6.45, 7) is 6.20. The lowest BCUT2D eigenvalue weighted by Crippen LogP contribution is -2.41. The largest absolute Gasteiger partial charge is 0.379 e. The molecule has 0 saturated carbocycles. The molecule has 1 aromatic carbocycles. The Kier molecular flexibility index (Phi) is 6.90. The predicted octanol–water partition coefficient (Wildman–Crippen LogP) is 3.17. The van der Waals surface area contributed by atoms with Crippen molar-refractivity contribution >= 4 is 35.0 Å². The van der Waals surface area contributed by atoms with Crippen molar-refractivity contribution in [2.45, 2.75) is 6.04 Å². The van der Waals surface area contributed by atoms with Crippen molar-refractivity contribution in [2.24, 2.45) is 0 Å². The predicted molar refractivity (Wildman–Crippen MR) is 117 cm³/mol. The molecule has 0 aliphatic carbocycles. The first kappa shape index (κ1) is 19.8. The lowest BCUT2D eigenvalue weighted by molar-refractivity contribution is 0.0187. The number of nitrogens with zero attached hydrogens (tertiary/aromatic N) is 4. The number of nitrogens with one attached hydrogen (secondary N) is 1. The average Bonchev–Trinajstić information content (AvgIpc) is 2.76. The summed E-state index contributed by atoms with van der Waals surface area (Å²) in [5.74, 6) is 4.17. The smallest absolute Gasteiger partial charge is 0.134 e. The van der Waals surface area contributed by atoms with Gasteiger partial charge in [0.15, 0.2) is 0 Å². The van der Waals surface area contributed by atoms with Crippen molar-refractivity contribution in [2.75, 3.05) is 67.7 Å². The minimum absolute atomic E-state index is 0.215. The molecule has 28 heavy (non-hydrogen) atoms. The fraction of sp³-hybridized carbons (Fsp3) is 0.500. The quantitative estimate of drug-likeness (QED) is 0.771. The van der Waals surface area contributed by atoms with Gasteiger partial charge in [0.1, 0.15) is 18.0 Å². The number of benzene rings is 1. The maximum Gasteiger partial charge on any atom is 0.134 e. The molecule has 2 aromatic rings. The highest BCUT2D eigenvalue weighted by Gasteiger charge is 2.23. The number of anilines is 2. The van der Waals surface area contributed by atoms with Crippen molar-refractivity contribution in [3.63, 3.8) is 0 Å². The topological polar surface area (TPSA) is 53.5 Å². The van der Waals surface area contributed by atoms with Gasteiger partial charge in [-0.25, -0.2) is 9.97 Å². The van der Waals surface area contributed by atoms with Gasteiger partial charge in [-0.2, -0.15) is 11.8 Å². The van der Waals surface area contributed by atoms with Crippen molar-refractivity contribution in [3.8, 4) is 0 Å². The van der Waals surface area contributed by atoms with Gasteiger partial charge in [-0.3, -0.25) is 4.90 Å². The third kappa shape index (κ3) is 5.08. The van der Waals surface area contributed by atoms with E-state index in [1.165, 1.54) is 5.56 Å². The van der Waals surface area contributed by atoms with Crippen LogP contribution in [0.4, 0.5) is 11.6 Å². The molecule has 2 fully saturated rings. The summed E-state index contributed by atoms with van der Waals surface area (Å²) >= 11 is 8.26. The van der Waals surface area contributed by atoms with Gasteiger partial charge in [0.05, 0.1) is 19.3 Å². The van der Waals surface area contributed by atoms with Gasteiger partial charge in [0.2, 0.25) is 0 Å². The summed E-state index contributed by atoms with van der Waals surface area (Å²) in [6, 6.07) is 10.4. The first-order valence-corrected chi connectivity index (χ1v) is 11.3. The molecule has 2 aliphatic rings. The van der Waals surface area contributed by atoms with Crippen LogP contribution in [0.1, 0.15) is 11.6 Å². The van der Waals surface area contributed by atoms with Crippen LogP contribution in [-0.2, 0) is 4.74 Å². The van der Waals surface area contributed by atoms with E-state index in [1.807, 2.05) is 23.9 Å². The van der Waals surface area contributed by atoms with E-state index in [-0.39, 0.29) is 6.04 Å². The molecule has 6 nitrogen and oxygen atoms in total. The van der Waals surface area contributed by atoms with Crippen molar-refractivity contribution in [1.29, 1.82) is 0 Å². The average molecular weight is 420 g/mol. The standard InChI is InChI=1S/C20H26ClN5OS/c21-17-3-1-2-16(12-17)18(25-4-8-27-9-5-25)14-22-19-13-20(24-15-23-19)26-6-10-28-11-7-26/h1-3,12-13,15,18H,4-11,14H2,(H,22,23,24). The van der Waals surface area contributed by atoms with Crippen LogP contribution >= 0.6 is 23.4 Å². The fourth-order valence-corrected chi connectivity index (χ4v) is 4.77. The molecular weight excluding hydrogens is 394 g/mol. The summed E-state index contributed by atoms with van der Waals surface area (Å²) in [5.41, 5.74) is 1.21. The highest BCUT2D eigenvalue weighted by molar-refractivity contribution is 7.99. The van der Waals surface area contributed by atoms with E-state index in [9.17, 15) is 0 Å². The molecule has 8 heteroatoms. The third-order valence-corrected chi connectivity index (χ3v) is 6.36. The summed E-state index contributed by atoms with van der Waals surface area (Å²) in [6.07, 6.45) is 1.66. The minimum Gasteiger partial charge on any atom is -0.379 e. The number of rotatable bonds is 6. The number of thioether (sulfide) groups is 1. The Morgan fingerprint density at radius 1 is 1.11 bits per heavy atom. The highest BCUT2D eigenvalue weighted by Crippen LogP contribution is 2.25. The van der Waals surface area contributed by atoms with Crippen LogP contribution in [0.25, 0.3) is 0 Å². The Hall–Kier alpha value is -1.54. The van der Waals surface area contributed by atoms with Crippen LogP contribution in [-0.4, -0.2) is 72.3 Å². The van der Waals surface area contributed by atoms with Gasteiger partial charge >= 0.3 is 0 Å². The molecule has 3 heterocycles. The van der Waals surface area contributed by atoms with Crippen LogP contribution in [0.15, 0.2) is 36.7 Å². The lowest BCUT2D eigenvalue weighted by Gasteiger charge is -2.35. The van der Waals surface area contributed by atoms with Crippen molar-refractivity contribution in [1.82, 2.24) is 14.9 Å². The molecule has 0 spiro atoms. The van der Waals surface area contributed by atoms with Gasteiger partial charge in [0, 0.05) is 55.3 Å². The maximum atomic E-state index is 6.26. The lowest BCUT2D eigenvalue weighted by atomic mass is 10.0. The van der Waals surface area contributed by atoms with Crippen molar-refractivity contribution in [3.05, 3.63) is 47.2 Å². The second kappa shape index (κ2) is 9.78. The zero-order valence-corrected chi connectivity index (χ0v) is 17.5. The monoisotopic (exact) mass is 419 g/mol. The molecule has 1 aromatic heterocycles. The van der Waals surface area contributed by atoms with E-state index < -0.39 is 0 Å². The number of morpholine rings is 1. The molecule has 1 N–H and O–H groups in total. The zero-order valence-electron chi connectivity index (χ0n) is 15.9. The molecule has 0 bridgehead atoms. The summed E-state index contributed by atoms with van der Waals surface area (Å²) in [4.78, 5) is 13.7. The minimum atomic E-state index is 0.215. The van der Waals surface area contributed by atoms with Gasteiger partial charge in [0.25, 0.3) is 0 Å². The first-order valence-electron chi connectivity index (χ1n) is 9.75. The first-order chi connectivity index (χ1) is 13.8. The Morgan fingerprint density at radius 3 is 2.71 bits per heavy atom. The van der Waals surface area contributed by atoms with Crippen LogP contribution in [0.5, 0.6) is 0 Å². The molecule has 4 rings (SSSR count). The zero-order chi connectivity index (χ0) is 19.2. The van der Waals surface area contributed by atoms with E-state index in [4.69, 9.17) is 16.3 Å². The van der Waals surface area contributed by atoms with E-state index in [0.29, 0.717) is 0 Å². The van der Waals surface area contributed by atoms with E-state index in [1.54, 1.807) is 6.33 Å². The summed E-state index contributed by atoms with van der Waals surface area (Å²) < 4.78 is 5.54. The van der Waals surface area contributed by atoms with Crippen LogP contribution in [0, 0.1) is 0 Å². The molecule has 0 amide bonds. The normalized spacial score (nSPS) is 19.4. The number of aromatic nitrogens is 2. The SMILES string of the molecule is Clc1cccc(C(CNc2cc(N3CCSCC3)ncn2)N2CCOCC2)c1. The molecule has 0 radical (unpaired) electrons. The number of hydrogen-bond donors (Lipinski definition) is 1. The Labute approximate surface area is 175 Å². The van der Waals surface area contributed by atoms with Gasteiger partial charge in [-0.05, 0) is 17.7 Å². The number of ether oxygens (including phenoxy) is 1. The van der Waals surface area contributed by atoms with E-state index in [0.717, 1.165) is 74.1 Å². The molecular formula is C20H26ClN5OS. The molecule has 150 valence electrons. The van der Waals surface area contributed by atoms with E-state index in [2.05, 4.69) is 43.3 Å². The van der Waals surface area contributed by atoms with Crippen LogP contribution in [0.2, 0.25) is 5.02 Å². The van der Waals surface area contributed by atoms with E-state index >= 15 is 0 Å². The maximum absolute atomic E-state index is 6.26.